The van der Waals surface area contributed by atoms with E-state index in [1.54, 1.807) is 11.0 Å². The second kappa shape index (κ2) is 6.52. The first-order valence-corrected chi connectivity index (χ1v) is 7.58. The number of nitrogens with zero attached hydrogens (tertiary/aromatic N) is 2. The largest absolute Gasteiger partial charge is 0.490 e. The van der Waals surface area contributed by atoms with Crippen molar-refractivity contribution in [2.75, 3.05) is 26.3 Å². The van der Waals surface area contributed by atoms with Crippen molar-refractivity contribution in [1.82, 2.24) is 4.90 Å². The van der Waals surface area contributed by atoms with Crippen LogP contribution in [0.2, 0.25) is 0 Å². The molecule has 2 aliphatic heterocycles. The summed E-state index contributed by atoms with van der Waals surface area (Å²) in [5, 5.41) is 9.28. The van der Waals surface area contributed by atoms with Crippen LogP contribution in [0, 0.1) is 11.3 Å². The van der Waals surface area contributed by atoms with Gasteiger partial charge in [-0.3, -0.25) is 4.79 Å². The highest BCUT2D eigenvalue weighted by Crippen LogP contribution is 2.31. The maximum Gasteiger partial charge on any atom is 0.264 e. The number of hydrogen-bond acceptors (Lipinski definition) is 4. The lowest BCUT2D eigenvalue weighted by molar-refractivity contribution is -0.125. The molecule has 114 valence electrons. The van der Waals surface area contributed by atoms with Crippen LogP contribution >= 0.6 is 0 Å². The third-order valence-electron chi connectivity index (χ3n) is 3.83. The lowest BCUT2D eigenvalue weighted by Crippen LogP contribution is -2.28. The monoisotopic (exact) mass is 298 g/mol. The molecule has 0 bridgehead atoms. The topological polar surface area (TPSA) is 62.6 Å². The van der Waals surface area contributed by atoms with Crippen molar-refractivity contribution in [3.63, 3.8) is 0 Å². The summed E-state index contributed by atoms with van der Waals surface area (Å²) in [4.78, 5) is 14.0. The Morgan fingerprint density at radius 1 is 1.14 bits per heavy atom. The Hall–Kier alpha value is -2.48. The molecule has 1 aromatic rings. The summed E-state index contributed by atoms with van der Waals surface area (Å²) in [5.41, 5.74) is 0.935. The smallest absolute Gasteiger partial charge is 0.264 e. The SMILES string of the molecule is N#C/C(=C\c1ccc2c(c1)OCCCO2)C(=O)N1CCCC1. The van der Waals surface area contributed by atoms with E-state index in [1.807, 2.05) is 24.3 Å². The molecule has 0 N–H and O–H groups in total. The summed E-state index contributed by atoms with van der Waals surface area (Å²) < 4.78 is 11.2. The number of amides is 1. The van der Waals surface area contributed by atoms with E-state index >= 15 is 0 Å². The molecule has 1 saturated heterocycles. The van der Waals surface area contributed by atoms with Crippen LogP contribution in [0.15, 0.2) is 23.8 Å². The molecule has 3 rings (SSSR count). The van der Waals surface area contributed by atoms with Crippen LogP contribution in [-0.2, 0) is 4.79 Å². The molecule has 0 aromatic heterocycles. The molecule has 2 aliphatic rings. The van der Waals surface area contributed by atoms with E-state index in [0.717, 1.165) is 37.9 Å². The average molecular weight is 298 g/mol. The second-order valence-corrected chi connectivity index (χ2v) is 5.43. The summed E-state index contributed by atoms with van der Waals surface area (Å²) in [5.74, 6) is 1.18. The van der Waals surface area contributed by atoms with Crippen molar-refractivity contribution in [3.8, 4) is 17.6 Å². The summed E-state index contributed by atoms with van der Waals surface area (Å²) in [7, 11) is 0. The summed E-state index contributed by atoms with van der Waals surface area (Å²) in [6, 6.07) is 7.49. The number of benzene rings is 1. The van der Waals surface area contributed by atoms with Crippen LogP contribution in [0.5, 0.6) is 11.5 Å². The van der Waals surface area contributed by atoms with Crippen LogP contribution in [0.1, 0.15) is 24.8 Å². The first kappa shape index (κ1) is 14.5. The number of fused-ring (bicyclic) bond motifs is 1. The zero-order chi connectivity index (χ0) is 15.4. The van der Waals surface area contributed by atoms with Gasteiger partial charge in [0, 0.05) is 19.5 Å². The van der Waals surface area contributed by atoms with Crippen LogP contribution < -0.4 is 9.47 Å². The van der Waals surface area contributed by atoms with Gasteiger partial charge in [0.15, 0.2) is 11.5 Å². The maximum absolute atomic E-state index is 12.3. The molecule has 2 heterocycles. The molecule has 1 aromatic carbocycles. The molecule has 1 fully saturated rings. The van der Waals surface area contributed by atoms with Gasteiger partial charge in [-0.2, -0.15) is 5.26 Å². The van der Waals surface area contributed by atoms with Gasteiger partial charge >= 0.3 is 0 Å². The van der Waals surface area contributed by atoms with Crippen molar-refractivity contribution in [3.05, 3.63) is 29.3 Å². The highest BCUT2D eigenvalue weighted by Gasteiger charge is 2.21. The Balaban J connectivity index is 1.84. The molecule has 5 nitrogen and oxygen atoms in total. The standard InChI is InChI=1S/C17H18N2O3/c18-12-14(17(20)19-6-1-2-7-19)10-13-4-5-15-16(11-13)22-9-3-8-21-15/h4-5,10-11H,1-3,6-9H2/b14-10+. The van der Waals surface area contributed by atoms with Crippen LogP contribution in [0.4, 0.5) is 0 Å². The minimum absolute atomic E-state index is 0.163. The van der Waals surface area contributed by atoms with E-state index in [1.165, 1.54) is 0 Å². The predicted molar refractivity (Wildman–Crippen MR) is 81.5 cm³/mol. The Labute approximate surface area is 129 Å². The van der Waals surface area contributed by atoms with Crippen molar-refractivity contribution < 1.29 is 14.3 Å². The zero-order valence-corrected chi connectivity index (χ0v) is 12.4. The van der Waals surface area contributed by atoms with Gasteiger partial charge in [0.25, 0.3) is 5.91 Å². The fourth-order valence-corrected chi connectivity index (χ4v) is 2.67. The molecule has 0 radical (unpaired) electrons. The molecule has 0 saturated carbocycles. The molecule has 0 spiro atoms. The quantitative estimate of drug-likeness (QED) is 0.621. The normalized spacial score (nSPS) is 17.8. The first-order chi connectivity index (χ1) is 10.8. The molecule has 1 amide bonds. The molecule has 5 heteroatoms. The fraction of sp³-hybridized carbons (Fsp3) is 0.412. The molecule has 0 atom stereocenters. The van der Waals surface area contributed by atoms with Crippen LogP contribution in [0.3, 0.4) is 0 Å². The third kappa shape index (κ3) is 3.06. The van der Waals surface area contributed by atoms with Crippen molar-refractivity contribution in [2.45, 2.75) is 19.3 Å². The number of carbonyl (C=O) groups excluding carboxylic acids is 1. The van der Waals surface area contributed by atoms with Gasteiger partial charge in [-0.15, -0.1) is 0 Å². The van der Waals surface area contributed by atoms with E-state index in [0.29, 0.717) is 24.7 Å². The number of nitriles is 1. The lowest BCUT2D eigenvalue weighted by Gasteiger charge is -2.14. The number of rotatable bonds is 2. The van der Waals surface area contributed by atoms with Gasteiger partial charge in [0.1, 0.15) is 11.6 Å². The first-order valence-electron chi connectivity index (χ1n) is 7.58. The highest BCUT2D eigenvalue weighted by atomic mass is 16.5. The summed E-state index contributed by atoms with van der Waals surface area (Å²) >= 11 is 0. The molecular weight excluding hydrogens is 280 g/mol. The van der Waals surface area contributed by atoms with Gasteiger partial charge in [0.05, 0.1) is 13.2 Å². The van der Waals surface area contributed by atoms with Gasteiger partial charge in [-0.1, -0.05) is 6.07 Å². The van der Waals surface area contributed by atoms with Gasteiger partial charge in [-0.25, -0.2) is 0 Å². The average Bonchev–Trinajstić information content (AvgIpc) is 2.98. The highest BCUT2D eigenvalue weighted by molar-refractivity contribution is 6.01. The third-order valence-corrected chi connectivity index (χ3v) is 3.83. The summed E-state index contributed by atoms with van der Waals surface area (Å²) in [6.07, 6.45) is 4.48. The van der Waals surface area contributed by atoms with Crippen LogP contribution in [0.25, 0.3) is 6.08 Å². The summed E-state index contributed by atoms with van der Waals surface area (Å²) in [6.45, 7) is 2.72. The van der Waals surface area contributed by atoms with Crippen molar-refractivity contribution in [1.29, 1.82) is 5.26 Å². The van der Waals surface area contributed by atoms with E-state index in [4.69, 9.17) is 9.47 Å². The maximum atomic E-state index is 12.3. The zero-order valence-electron chi connectivity index (χ0n) is 12.4. The second-order valence-electron chi connectivity index (χ2n) is 5.43. The fourth-order valence-electron chi connectivity index (χ4n) is 2.67. The van der Waals surface area contributed by atoms with Crippen molar-refractivity contribution in [2.24, 2.45) is 0 Å². The number of ether oxygens (including phenoxy) is 2. The molecule has 22 heavy (non-hydrogen) atoms. The molecular formula is C17H18N2O3. The van der Waals surface area contributed by atoms with E-state index in [2.05, 4.69) is 0 Å². The van der Waals surface area contributed by atoms with Crippen LogP contribution in [-0.4, -0.2) is 37.1 Å². The van der Waals surface area contributed by atoms with E-state index in [-0.39, 0.29) is 11.5 Å². The van der Waals surface area contributed by atoms with E-state index < -0.39 is 0 Å². The molecule has 0 unspecified atom stereocenters. The lowest BCUT2D eigenvalue weighted by atomic mass is 10.1. The Bertz CT molecular complexity index is 640. The van der Waals surface area contributed by atoms with Gasteiger partial charge < -0.3 is 14.4 Å². The molecule has 0 aliphatic carbocycles. The Morgan fingerprint density at radius 3 is 2.59 bits per heavy atom. The van der Waals surface area contributed by atoms with Gasteiger partial charge in [-0.05, 0) is 36.6 Å². The number of likely N-dealkylation sites (tertiary alicyclic amines) is 1. The predicted octanol–water partition coefficient (Wildman–Crippen LogP) is 2.38. The number of carbonyl (C=O) groups is 1. The minimum Gasteiger partial charge on any atom is -0.490 e. The van der Waals surface area contributed by atoms with Crippen molar-refractivity contribution >= 4 is 12.0 Å². The van der Waals surface area contributed by atoms with E-state index in [9.17, 15) is 10.1 Å². The number of hydrogen-bond donors (Lipinski definition) is 0. The minimum atomic E-state index is -0.188. The Kier molecular flexibility index (Phi) is 4.29. The van der Waals surface area contributed by atoms with Gasteiger partial charge in [0.2, 0.25) is 0 Å². The Morgan fingerprint density at radius 2 is 1.86 bits per heavy atom.